The van der Waals surface area contributed by atoms with E-state index in [1.807, 2.05) is 6.07 Å². The topological polar surface area (TPSA) is 67.7 Å². The molecule has 2 aromatic rings. The van der Waals surface area contributed by atoms with Crippen LogP contribution in [0, 0.1) is 5.92 Å². The maximum Gasteiger partial charge on any atom is 0.234 e. The zero-order valence-corrected chi connectivity index (χ0v) is 20.2. The van der Waals surface area contributed by atoms with Gasteiger partial charge in [-0.15, -0.1) is 5.10 Å². The van der Waals surface area contributed by atoms with E-state index in [-0.39, 0.29) is 12.0 Å². The van der Waals surface area contributed by atoms with Crippen molar-refractivity contribution in [3.63, 3.8) is 0 Å². The van der Waals surface area contributed by atoms with E-state index in [0.29, 0.717) is 18.6 Å². The van der Waals surface area contributed by atoms with E-state index in [4.69, 9.17) is 9.47 Å². The lowest BCUT2D eigenvalue weighted by Crippen LogP contribution is -2.43. The van der Waals surface area contributed by atoms with Crippen LogP contribution < -0.4 is 9.47 Å². The standard InChI is InChI=1S/C27H39N3O3/c1-3-4-10-25-24(20-11-13-23(14-12-20)33-22-8-6-5-7-9-22)17-27(29-28-25)32-19-21-18-30(2)16-15-26(21)31/h11-14,17,21-22,26,31H,3-10,15-16,18-19H2,1-2H3/t21-,26+/m0/s1. The summed E-state index contributed by atoms with van der Waals surface area (Å²) in [6, 6.07) is 10.4. The molecule has 0 unspecified atom stereocenters. The molecule has 2 heterocycles. The lowest BCUT2D eigenvalue weighted by atomic mass is 9.96. The van der Waals surface area contributed by atoms with Crippen LogP contribution in [0.5, 0.6) is 11.6 Å². The van der Waals surface area contributed by atoms with Crippen molar-refractivity contribution in [2.24, 2.45) is 5.92 Å². The van der Waals surface area contributed by atoms with Crippen molar-refractivity contribution in [1.82, 2.24) is 15.1 Å². The van der Waals surface area contributed by atoms with E-state index in [1.54, 1.807) is 0 Å². The van der Waals surface area contributed by atoms with Crippen molar-refractivity contribution in [3.8, 4) is 22.8 Å². The summed E-state index contributed by atoms with van der Waals surface area (Å²) in [6.45, 7) is 4.39. The molecule has 2 fully saturated rings. The number of nitrogens with zero attached hydrogens (tertiary/aromatic N) is 3. The van der Waals surface area contributed by atoms with E-state index >= 15 is 0 Å². The third-order valence-electron chi connectivity index (χ3n) is 6.98. The molecule has 1 N–H and O–H groups in total. The Bertz CT molecular complexity index is 867. The van der Waals surface area contributed by atoms with Gasteiger partial charge in [-0.1, -0.05) is 31.9 Å². The molecule has 6 nitrogen and oxygen atoms in total. The van der Waals surface area contributed by atoms with Gasteiger partial charge in [0.2, 0.25) is 5.88 Å². The number of aliphatic hydroxyl groups excluding tert-OH is 1. The molecule has 0 bridgehead atoms. The Hall–Kier alpha value is -2.18. The number of hydrogen-bond acceptors (Lipinski definition) is 6. The molecule has 0 radical (unpaired) electrons. The molecular formula is C27H39N3O3. The molecule has 4 rings (SSSR count). The summed E-state index contributed by atoms with van der Waals surface area (Å²) in [7, 11) is 2.08. The predicted molar refractivity (Wildman–Crippen MR) is 131 cm³/mol. The molecule has 1 aromatic heterocycles. The molecule has 1 aromatic carbocycles. The van der Waals surface area contributed by atoms with Crippen LogP contribution in [0.25, 0.3) is 11.1 Å². The maximum atomic E-state index is 10.3. The molecule has 1 aliphatic carbocycles. The van der Waals surface area contributed by atoms with Gasteiger partial charge in [-0.2, -0.15) is 5.10 Å². The summed E-state index contributed by atoms with van der Waals surface area (Å²) in [4.78, 5) is 2.24. The van der Waals surface area contributed by atoms with E-state index in [9.17, 15) is 5.11 Å². The maximum absolute atomic E-state index is 10.3. The first-order valence-corrected chi connectivity index (χ1v) is 12.8. The number of unbranched alkanes of at least 4 members (excludes halogenated alkanes) is 1. The first-order chi connectivity index (χ1) is 16.1. The zero-order chi connectivity index (χ0) is 23.0. The highest BCUT2D eigenvalue weighted by molar-refractivity contribution is 5.67. The number of aryl methyl sites for hydroxylation is 1. The largest absolute Gasteiger partial charge is 0.490 e. The Balaban J connectivity index is 1.47. The van der Waals surface area contributed by atoms with Crippen LogP contribution >= 0.6 is 0 Å². The van der Waals surface area contributed by atoms with E-state index in [2.05, 4.69) is 53.3 Å². The van der Waals surface area contributed by atoms with Gasteiger partial charge in [-0.05, 0) is 69.7 Å². The van der Waals surface area contributed by atoms with Crippen LogP contribution in [0.1, 0.15) is 64.0 Å². The van der Waals surface area contributed by atoms with Gasteiger partial charge in [-0.25, -0.2) is 0 Å². The fourth-order valence-electron chi connectivity index (χ4n) is 4.89. The van der Waals surface area contributed by atoms with Crippen molar-refractivity contribution in [3.05, 3.63) is 36.0 Å². The minimum atomic E-state index is -0.325. The van der Waals surface area contributed by atoms with Crippen molar-refractivity contribution < 1.29 is 14.6 Å². The quantitative estimate of drug-likeness (QED) is 0.583. The summed E-state index contributed by atoms with van der Waals surface area (Å²) in [6.07, 6.45) is 10.1. The third kappa shape index (κ3) is 6.67. The first kappa shape index (κ1) is 24.0. The van der Waals surface area contributed by atoms with Crippen LogP contribution in [0.4, 0.5) is 0 Å². The highest BCUT2D eigenvalue weighted by atomic mass is 16.5. The molecule has 180 valence electrons. The predicted octanol–water partition coefficient (Wildman–Crippen LogP) is 4.89. The average Bonchev–Trinajstić information content (AvgIpc) is 2.85. The fraction of sp³-hybridized carbons (Fsp3) is 0.630. The number of hydrogen-bond donors (Lipinski definition) is 1. The fourth-order valence-corrected chi connectivity index (χ4v) is 4.89. The first-order valence-electron chi connectivity index (χ1n) is 12.8. The Morgan fingerprint density at radius 3 is 2.61 bits per heavy atom. The normalized spacial score (nSPS) is 22.3. The number of aliphatic hydroxyl groups is 1. The van der Waals surface area contributed by atoms with Gasteiger partial charge >= 0.3 is 0 Å². The lowest BCUT2D eigenvalue weighted by Gasteiger charge is -2.33. The van der Waals surface area contributed by atoms with Gasteiger partial charge in [0.05, 0.1) is 24.5 Å². The summed E-state index contributed by atoms with van der Waals surface area (Å²) >= 11 is 0. The summed E-state index contributed by atoms with van der Waals surface area (Å²) < 4.78 is 12.2. The number of benzene rings is 1. The molecule has 2 aliphatic rings. The highest BCUT2D eigenvalue weighted by Gasteiger charge is 2.27. The number of likely N-dealkylation sites (tertiary alicyclic amines) is 1. The second-order valence-corrected chi connectivity index (χ2v) is 9.74. The molecule has 1 aliphatic heterocycles. The molecule has 1 saturated heterocycles. The van der Waals surface area contributed by atoms with E-state index in [1.165, 1.54) is 19.3 Å². The Morgan fingerprint density at radius 2 is 1.85 bits per heavy atom. The van der Waals surface area contributed by atoms with Crippen molar-refractivity contribution in [2.45, 2.75) is 76.9 Å². The van der Waals surface area contributed by atoms with Crippen molar-refractivity contribution in [2.75, 3.05) is 26.7 Å². The number of rotatable bonds is 9. The average molecular weight is 454 g/mol. The van der Waals surface area contributed by atoms with Crippen molar-refractivity contribution in [1.29, 1.82) is 0 Å². The molecule has 0 amide bonds. The zero-order valence-electron chi connectivity index (χ0n) is 20.2. The van der Waals surface area contributed by atoms with Crippen molar-refractivity contribution >= 4 is 0 Å². The van der Waals surface area contributed by atoms with Crippen LogP contribution in [0.2, 0.25) is 0 Å². The van der Waals surface area contributed by atoms with Gasteiger partial charge in [0.1, 0.15) is 5.75 Å². The van der Waals surface area contributed by atoms with Gasteiger partial charge in [-0.3, -0.25) is 0 Å². The van der Waals surface area contributed by atoms with Crippen LogP contribution in [-0.4, -0.2) is 59.2 Å². The summed E-state index contributed by atoms with van der Waals surface area (Å²) in [5, 5.41) is 19.2. The van der Waals surface area contributed by atoms with Gasteiger partial charge in [0, 0.05) is 30.6 Å². The lowest BCUT2D eigenvalue weighted by molar-refractivity contribution is 0.0127. The second kappa shape index (κ2) is 11.8. The minimum absolute atomic E-state index is 0.0880. The minimum Gasteiger partial charge on any atom is -0.490 e. The van der Waals surface area contributed by atoms with Crippen LogP contribution in [-0.2, 0) is 6.42 Å². The molecule has 1 saturated carbocycles. The third-order valence-corrected chi connectivity index (χ3v) is 6.98. The molecule has 2 atom stereocenters. The molecular weight excluding hydrogens is 414 g/mol. The molecule has 6 heteroatoms. The Kier molecular flexibility index (Phi) is 8.57. The Morgan fingerprint density at radius 1 is 1.06 bits per heavy atom. The van der Waals surface area contributed by atoms with Gasteiger partial charge < -0.3 is 19.5 Å². The molecule has 33 heavy (non-hydrogen) atoms. The van der Waals surface area contributed by atoms with Gasteiger partial charge in [0.25, 0.3) is 0 Å². The summed E-state index contributed by atoms with van der Waals surface area (Å²) in [5.41, 5.74) is 3.18. The Labute approximate surface area is 198 Å². The second-order valence-electron chi connectivity index (χ2n) is 9.74. The number of aromatic nitrogens is 2. The van der Waals surface area contributed by atoms with E-state index in [0.717, 1.165) is 74.2 Å². The van der Waals surface area contributed by atoms with Gasteiger partial charge in [0.15, 0.2) is 0 Å². The van der Waals surface area contributed by atoms with Crippen LogP contribution in [0.15, 0.2) is 30.3 Å². The smallest absolute Gasteiger partial charge is 0.234 e. The molecule has 0 spiro atoms. The van der Waals surface area contributed by atoms with E-state index < -0.39 is 0 Å². The monoisotopic (exact) mass is 453 g/mol. The summed E-state index contributed by atoms with van der Waals surface area (Å²) in [5.74, 6) is 1.55. The number of piperidine rings is 1. The highest BCUT2D eigenvalue weighted by Crippen LogP contribution is 2.30. The number of ether oxygens (including phenoxy) is 2. The SMILES string of the molecule is CCCCc1nnc(OC[C@@H]2CN(C)CC[C@H]2O)cc1-c1ccc(OC2CCCCC2)cc1. The van der Waals surface area contributed by atoms with Crippen LogP contribution in [0.3, 0.4) is 0 Å².